The minimum absolute atomic E-state index is 0. The normalized spacial score (nSPS) is 51.1. The number of hydrogen-bond acceptors (Lipinski definition) is 14. The largest absolute Gasteiger partial charge is 0.394 e. The van der Waals surface area contributed by atoms with E-state index in [1.807, 2.05) is 0 Å². The summed E-state index contributed by atoms with van der Waals surface area (Å²) in [4.78, 5) is 0. The lowest BCUT2D eigenvalue weighted by atomic mass is 9.84. The third kappa shape index (κ3) is 6.11. The number of ether oxygens (including phenoxy) is 4. The molecule has 1 unspecified atom stereocenters. The van der Waals surface area contributed by atoms with Crippen molar-refractivity contribution in [2.45, 2.75) is 98.4 Å². The Balaban J connectivity index is 0.00000385. The molecule has 14 nitrogen and oxygen atoms in total. The van der Waals surface area contributed by atoms with E-state index in [-0.39, 0.29) is 31.8 Å². The first kappa shape index (κ1) is 29.0. The zero-order valence-corrected chi connectivity index (χ0v) is 18.9. The summed E-state index contributed by atoms with van der Waals surface area (Å²) in [5.74, 6) is 0. The van der Waals surface area contributed by atoms with Crippen molar-refractivity contribution < 1.29 is 44.5 Å². The molecule has 3 rings (SSSR count). The predicted molar refractivity (Wildman–Crippen MR) is 116 cm³/mol. The quantitative estimate of drug-likeness (QED) is 0.162. The number of hydrogen-bond donors (Lipinski definition) is 10. The predicted octanol–water partition coefficient (Wildman–Crippen LogP) is -5.87. The van der Waals surface area contributed by atoms with Crippen LogP contribution in [0.2, 0.25) is 0 Å². The van der Waals surface area contributed by atoms with Gasteiger partial charge in [0.1, 0.15) is 36.6 Å². The summed E-state index contributed by atoms with van der Waals surface area (Å²) in [6.45, 7) is -0.499. The number of aliphatic hydroxyl groups excluding tert-OH is 5. The molecule has 0 aromatic rings. The monoisotopic (exact) mass is 503 g/mol. The molecule has 0 amide bonds. The molecule has 0 bridgehead atoms. The maximum absolute atomic E-state index is 11.0. The fourth-order valence-corrected chi connectivity index (χ4v) is 4.43. The smallest absolute Gasteiger partial charge is 0.186 e. The molecule has 33 heavy (non-hydrogen) atoms. The van der Waals surface area contributed by atoms with Crippen LogP contribution in [0.3, 0.4) is 0 Å². The van der Waals surface area contributed by atoms with E-state index in [0.717, 1.165) is 0 Å². The van der Waals surface area contributed by atoms with Gasteiger partial charge in [-0.1, -0.05) is 0 Å². The SMILES string of the molecule is Cl.NC[C@H]1O[C@H](O[C@H]2[C@H](O)C(O[C@H]3O[C@H](CO)[C@@H](O)[C@H](N)[C@H]3O)[C@H](N)C[C@@H]2N)[C@H](N)C[C@@H]1O. The summed E-state index contributed by atoms with van der Waals surface area (Å²) in [7, 11) is 0. The third-order valence-corrected chi connectivity index (χ3v) is 6.41. The Morgan fingerprint density at radius 1 is 0.727 bits per heavy atom. The van der Waals surface area contributed by atoms with Gasteiger partial charge >= 0.3 is 0 Å². The zero-order chi connectivity index (χ0) is 23.7. The van der Waals surface area contributed by atoms with E-state index in [4.69, 9.17) is 47.6 Å². The summed E-state index contributed by atoms with van der Waals surface area (Å²) in [5.41, 5.74) is 29.8. The Bertz CT molecular complexity index is 614. The molecule has 14 atom stereocenters. The summed E-state index contributed by atoms with van der Waals surface area (Å²) in [5, 5.41) is 50.7. The van der Waals surface area contributed by atoms with Gasteiger partial charge in [-0.15, -0.1) is 12.4 Å². The number of rotatable bonds is 6. The van der Waals surface area contributed by atoms with Crippen LogP contribution in [0.4, 0.5) is 0 Å². The number of nitrogens with two attached hydrogens (primary N) is 5. The summed E-state index contributed by atoms with van der Waals surface area (Å²) >= 11 is 0. The van der Waals surface area contributed by atoms with Crippen molar-refractivity contribution in [3.05, 3.63) is 0 Å². The maximum Gasteiger partial charge on any atom is 0.186 e. The lowest BCUT2D eigenvalue weighted by Crippen LogP contribution is -2.68. The van der Waals surface area contributed by atoms with Gasteiger partial charge in [-0.05, 0) is 12.8 Å². The third-order valence-electron chi connectivity index (χ3n) is 6.41. The van der Waals surface area contributed by atoms with Crippen molar-refractivity contribution in [2.75, 3.05) is 13.2 Å². The van der Waals surface area contributed by atoms with Crippen LogP contribution in [-0.2, 0) is 18.9 Å². The van der Waals surface area contributed by atoms with Crippen LogP contribution >= 0.6 is 12.4 Å². The van der Waals surface area contributed by atoms with Gasteiger partial charge in [0.25, 0.3) is 0 Å². The van der Waals surface area contributed by atoms with Crippen LogP contribution in [0.5, 0.6) is 0 Å². The maximum atomic E-state index is 11.0. The first-order valence-electron chi connectivity index (χ1n) is 10.8. The Morgan fingerprint density at radius 2 is 1.27 bits per heavy atom. The van der Waals surface area contributed by atoms with Gasteiger partial charge in [0.15, 0.2) is 12.6 Å². The molecule has 1 aliphatic carbocycles. The standard InChI is InChI=1S/C18H37N5O9.ClH/c19-3-9-8(25)2-7(22)17(29-9)31-15-5(20)1-6(21)16(14(15)28)32-18-13(27)11(23)12(26)10(4-24)30-18;/h5-18,24-28H,1-4,19-23H2;1H/t5-,6+,7+,8-,9+,10+,11-,12+,13+,14-,15+,16?,17+,18+;/m0./s1. The van der Waals surface area contributed by atoms with E-state index in [1.54, 1.807) is 0 Å². The molecule has 0 radical (unpaired) electrons. The van der Waals surface area contributed by atoms with Gasteiger partial charge in [0, 0.05) is 18.6 Å². The molecule has 15 heteroatoms. The van der Waals surface area contributed by atoms with Crippen LogP contribution in [0.15, 0.2) is 0 Å². The molecule has 0 aromatic heterocycles. The molecule has 2 saturated heterocycles. The van der Waals surface area contributed by atoms with Crippen LogP contribution in [0.25, 0.3) is 0 Å². The fraction of sp³-hybridized carbons (Fsp3) is 1.00. The molecule has 2 heterocycles. The minimum atomic E-state index is -1.44. The van der Waals surface area contributed by atoms with Crippen LogP contribution in [-0.4, -0.2) is 124 Å². The van der Waals surface area contributed by atoms with Crippen molar-refractivity contribution in [3.8, 4) is 0 Å². The first-order chi connectivity index (χ1) is 15.1. The highest BCUT2D eigenvalue weighted by molar-refractivity contribution is 5.85. The molecule has 2 aliphatic heterocycles. The molecule has 0 spiro atoms. The average molecular weight is 504 g/mol. The van der Waals surface area contributed by atoms with Crippen LogP contribution < -0.4 is 28.7 Å². The summed E-state index contributed by atoms with van der Waals surface area (Å²) in [6, 6.07) is -3.27. The Hall–Kier alpha value is -0.270. The molecule has 0 aromatic carbocycles. The summed E-state index contributed by atoms with van der Waals surface area (Å²) < 4.78 is 22.7. The second kappa shape index (κ2) is 12.1. The fourth-order valence-electron chi connectivity index (χ4n) is 4.43. The van der Waals surface area contributed by atoms with Gasteiger partial charge < -0.3 is 73.1 Å². The van der Waals surface area contributed by atoms with Crippen LogP contribution in [0, 0.1) is 0 Å². The second-order valence-electron chi connectivity index (χ2n) is 8.78. The minimum Gasteiger partial charge on any atom is -0.394 e. The van der Waals surface area contributed by atoms with E-state index < -0.39 is 92.2 Å². The topological polar surface area (TPSA) is 268 Å². The highest BCUT2D eigenvalue weighted by atomic mass is 35.5. The van der Waals surface area contributed by atoms with Gasteiger partial charge in [0.2, 0.25) is 0 Å². The van der Waals surface area contributed by atoms with E-state index in [1.165, 1.54) is 0 Å². The number of aliphatic hydroxyl groups is 5. The molecular formula is C18H38ClN5O9. The van der Waals surface area contributed by atoms with Gasteiger partial charge in [-0.2, -0.15) is 0 Å². The van der Waals surface area contributed by atoms with Crippen molar-refractivity contribution in [2.24, 2.45) is 28.7 Å². The highest BCUT2D eigenvalue weighted by Crippen LogP contribution is 2.30. The van der Waals surface area contributed by atoms with Crippen molar-refractivity contribution in [1.82, 2.24) is 0 Å². The Kier molecular flexibility index (Phi) is 10.6. The molecule has 196 valence electrons. The highest BCUT2D eigenvalue weighted by Gasteiger charge is 2.50. The Morgan fingerprint density at radius 3 is 1.82 bits per heavy atom. The molecule has 1 saturated carbocycles. The number of halogens is 1. The first-order valence-corrected chi connectivity index (χ1v) is 10.8. The van der Waals surface area contributed by atoms with Gasteiger partial charge in [-0.3, -0.25) is 0 Å². The van der Waals surface area contributed by atoms with Crippen molar-refractivity contribution >= 4 is 12.4 Å². The average Bonchev–Trinajstić information content (AvgIpc) is 2.75. The van der Waals surface area contributed by atoms with Crippen molar-refractivity contribution in [1.29, 1.82) is 0 Å². The second-order valence-corrected chi connectivity index (χ2v) is 8.78. The zero-order valence-electron chi connectivity index (χ0n) is 18.1. The van der Waals surface area contributed by atoms with E-state index in [0.29, 0.717) is 0 Å². The lowest BCUT2D eigenvalue weighted by Gasteiger charge is -2.47. The molecular weight excluding hydrogens is 466 g/mol. The van der Waals surface area contributed by atoms with E-state index >= 15 is 0 Å². The van der Waals surface area contributed by atoms with Gasteiger partial charge in [0.05, 0.1) is 30.9 Å². The van der Waals surface area contributed by atoms with Crippen molar-refractivity contribution in [3.63, 3.8) is 0 Å². The van der Waals surface area contributed by atoms with Crippen LogP contribution in [0.1, 0.15) is 12.8 Å². The molecule has 3 fully saturated rings. The lowest BCUT2D eigenvalue weighted by molar-refractivity contribution is -0.314. The Labute approximate surface area is 197 Å². The molecule has 3 aliphatic rings. The summed E-state index contributed by atoms with van der Waals surface area (Å²) in [6.07, 6.45) is -10.8. The van der Waals surface area contributed by atoms with E-state index in [2.05, 4.69) is 0 Å². The molecule has 15 N–H and O–H groups in total. The van der Waals surface area contributed by atoms with Gasteiger partial charge in [-0.25, -0.2) is 0 Å². The van der Waals surface area contributed by atoms with E-state index in [9.17, 15) is 25.5 Å².